The normalized spacial score (nSPS) is 22.9. The summed E-state index contributed by atoms with van der Waals surface area (Å²) in [5, 5.41) is 0.337. The Balaban J connectivity index is 1.67. The van der Waals surface area contributed by atoms with Crippen molar-refractivity contribution in [1.29, 1.82) is 0 Å². The topological polar surface area (TPSA) is 67.3 Å². The Kier molecular flexibility index (Phi) is 6.58. The molecule has 2 heterocycles. The number of pyridine rings is 1. The van der Waals surface area contributed by atoms with Crippen LogP contribution < -0.4 is 0 Å². The summed E-state index contributed by atoms with van der Waals surface area (Å²) in [6, 6.07) is 1.94. The lowest BCUT2D eigenvalue weighted by atomic mass is 9.93. The van der Waals surface area contributed by atoms with E-state index in [0.29, 0.717) is 11.4 Å². The molecule has 10 heteroatoms. The fraction of sp³-hybridized carbons (Fsp3) is 0.667. The van der Waals surface area contributed by atoms with Crippen LogP contribution in [-0.2, 0) is 20.8 Å². The van der Waals surface area contributed by atoms with Crippen LogP contribution in [0.4, 0.5) is 13.2 Å². The van der Waals surface area contributed by atoms with E-state index < -0.39 is 21.6 Å². The van der Waals surface area contributed by atoms with Crippen molar-refractivity contribution < 1.29 is 26.4 Å². The lowest BCUT2D eigenvalue weighted by Crippen LogP contribution is -2.49. The fourth-order valence-corrected chi connectivity index (χ4v) is 6.33. The molecular weight excluding hydrogens is 413 g/mol. The summed E-state index contributed by atoms with van der Waals surface area (Å²) in [5.41, 5.74) is -0.830. The Labute approximate surface area is 167 Å². The first-order valence-electron chi connectivity index (χ1n) is 9.33. The Morgan fingerprint density at radius 1 is 1.14 bits per heavy atom. The van der Waals surface area contributed by atoms with Gasteiger partial charge in [-0.05, 0) is 31.4 Å². The number of aromatic nitrogens is 1. The molecule has 2 fully saturated rings. The minimum Gasteiger partial charge on any atom is -0.335 e. The standard InChI is InChI=1S/C18H23F3N2O3S2/c19-18(20,21)13-6-7-16(22-10-13)27-11-17(24)23(14-4-2-1-3-5-14)15-8-9-28(25,26)12-15/h6-7,10,14-15H,1-5,8-9,11-12H2. The number of sulfone groups is 1. The number of amides is 1. The van der Waals surface area contributed by atoms with Gasteiger partial charge in [0.25, 0.3) is 0 Å². The molecule has 0 spiro atoms. The Morgan fingerprint density at radius 2 is 1.86 bits per heavy atom. The van der Waals surface area contributed by atoms with Gasteiger partial charge in [0.15, 0.2) is 9.84 Å². The molecule has 2 aliphatic rings. The monoisotopic (exact) mass is 436 g/mol. The van der Waals surface area contributed by atoms with Gasteiger partial charge in [-0.3, -0.25) is 4.79 Å². The highest BCUT2D eigenvalue weighted by molar-refractivity contribution is 7.99. The summed E-state index contributed by atoms with van der Waals surface area (Å²) in [6.07, 6.45) is 1.65. The SMILES string of the molecule is O=C(CSc1ccc(C(F)(F)F)cn1)N(C1CCCCC1)C1CCS(=O)(=O)C1. The van der Waals surface area contributed by atoms with Crippen LogP contribution in [0.3, 0.4) is 0 Å². The predicted octanol–water partition coefficient (Wildman–Crippen LogP) is 3.54. The van der Waals surface area contributed by atoms with Crippen LogP contribution in [0, 0.1) is 0 Å². The maximum Gasteiger partial charge on any atom is 0.417 e. The zero-order valence-electron chi connectivity index (χ0n) is 15.3. The molecule has 28 heavy (non-hydrogen) atoms. The van der Waals surface area contributed by atoms with Crippen molar-refractivity contribution >= 4 is 27.5 Å². The summed E-state index contributed by atoms with van der Waals surface area (Å²) in [6.45, 7) is 0. The van der Waals surface area contributed by atoms with Crippen LogP contribution in [0.2, 0.25) is 0 Å². The maximum atomic E-state index is 12.9. The van der Waals surface area contributed by atoms with Gasteiger partial charge < -0.3 is 4.90 Å². The van der Waals surface area contributed by atoms with E-state index in [2.05, 4.69) is 4.98 Å². The van der Waals surface area contributed by atoms with E-state index in [4.69, 9.17) is 0 Å². The van der Waals surface area contributed by atoms with Crippen LogP contribution in [0.15, 0.2) is 23.4 Å². The van der Waals surface area contributed by atoms with Crippen molar-refractivity contribution in [2.45, 2.75) is 61.8 Å². The third kappa shape index (κ3) is 5.40. The van der Waals surface area contributed by atoms with Gasteiger partial charge in [-0.2, -0.15) is 13.2 Å². The molecule has 0 aromatic carbocycles. The van der Waals surface area contributed by atoms with Crippen LogP contribution in [0.1, 0.15) is 44.1 Å². The molecule has 5 nitrogen and oxygen atoms in total. The lowest BCUT2D eigenvalue weighted by Gasteiger charge is -2.38. The molecule has 0 bridgehead atoms. The first-order chi connectivity index (χ1) is 13.2. The van der Waals surface area contributed by atoms with Crippen molar-refractivity contribution in [3.8, 4) is 0 Å². The van der Waals surface area contributed by atoms with E-state index in [1.165, 1.54) is 6.07 Å². The Morgan fingerprint density at radius 3 is 2.39 bits per heavy atom. The first kappa shape index (κ1) is 21.4. The van der Waals surface area contributed by atoms with Gasteiger partial charge in [-0.1, -0.05) is 31.0 Å². The van der Waals surface area contributed by atoms with Crippen LogP contribution in [0.5, 0.6) is 0 Å². The summed E-state index contributed by atoms with van der Waals surface area (Å²) in [5.74, 6) is -0.0354. The van der Waals surface area contributed by atoms with Gasteiger partial charge in [0.2, 0.25) is 5.91 Å². The lowest BCUT2D eigenvalue weighted by molar-refractivity contribution is -0.138. The third-order valence-electron chi connectivity index (χ3n) is 5.27. The zero-order valence-corrected chi connectivity index (χ0v) is 17.0. The molecule has 1 atom stereocenters. The van der Waals surface area contributed by atoms with E-state index in [0.717, 1.165) is 56.1 Å². The molecule has 1 amide bonds. The molecule has 1 aromatic rings. The second-order valence-corrected chi connectivity index (χ2v) is 10.5. The van der Waals surface area contributed by atoms with Gasteiger partial charge >= 0.3 is 6.18 Å². The predicted molar refractivity (Wildman–Crippen MR) is 101 cm³/mol. The highest BCUT2D eigenvalue weighted by atomic mass is 32.2. The van der Waals surface area contributed by atoms with E-state index in [-0.39, 0.29) is 35.2 Å². The van der Waals surface area contributed by atoms with E-state index in [9.17, 15) is 26.4 Å². The first-order valence-corrected chi connectivity index (χ1v) is 12.1. The Hall–Kier alpha value is -1.29. The van der Waals surface area contributed by atoms with Crippen molar-refractivity contribution in [3.05, 3.63) is 23.9 Å². The second-order valence-electron chi connectivity index (χ2n) is 7.32. The average Bonchev–Trinajstić information content (AvgIpc) is 3.00. The molecule has 1 aliphatic carbocycles. The molecule has 0 N–H and O–H groups in total. The van der Waals surface area contributed by atoms with Crippen LogP contribution in [-0.4, -0.2) is 53.6 Å². The smallest absolute Gasteiger partial charge is 0.335 e. The van der Waals surface area contributed by atoms with Crippen molar-refractivity contribution in [2.24, 2.45) is 0 Å². The average molecular weight is 437 g/mol. The minimum atomic E-state index is -4.45. The van der Waals surface area contributed by atoms with Gasteiger partial charge in [0.05, 0.1) is 27.8 Å². The molecular formula is C18H23F3N2O3S2. The number of nitrogens with zero attached hydrogens (tertiary/aromatic N) is 2. The van der Waals surface area contributed by atoms with E-state index in [1.54, 1.807) is 4.90 Å². The molecule has 1 aliphatic heterocycles. The van der Waals surface area contributed by atoms with Crippen LogP contribution >= 0.6 is 11.8 Å². The molecule has 1 saturated heterocycles. The van der Waals surface area contributed by atoms with Crippen molar-refractivity contribution in [1.82, 2.24) is 9.88 Å². The molecule has 1 aromatic heterocycles. The highest BCUT2D eigenvalue weighted by Crippen LogP contribution is 2.31. The summed E-state index contributed by atoms with van der Waals surface area (Å²) in [4.78, 5) is 18.5. The molecule has 156 valence electrons. The number of rotatable bonds is 5. The number of thioether (sulfide) groups is 1. The fourth-order valence-electron chi connectivity index (χ4n) is 3.90. The highest BCUT2D eigenvalue weighted by Gasteiger charge is 2.38. The van der Waals surface area contributed by atoms with Crippen LogP contribution in [0.25, 0.3) is 0 Å². The van der Waals surface area contributed by atoms with Gasteiger partial charge in [-0.25, -0.2) is 13.4 Å². The summed E-state index contributed by atoms with van der Waals surface area (Å²) in [7, 11) is -3.12. The van der Waals surface area contributed by atoms with Gasteiger partial charge in [0, 0.05) is 18.3 Å². The largest absolute Gasteiger partial charge is 0.417 e. The summed E-state index contributed by atoms with van der Waals surface area (Å²) < 4.78 is 61.7. The van der Waals surface area contributed by atoms with Gasteiger partial charge in [-0.15, -0.1) is 0 Å². The molecule has 0 radical (unpaired) electrons. The molecule has 3 rings (SSSR count). The van der Waals surface area contributed by atoms with E-state index >= 15 is 0 Å². The third-order valence-corrected chi connectivity index (χ3v) is 7.94. The quantitative estimate of drug-likeness (QED) is 0.661. The number of carbonyl (C=O) groups excluding carboxylic acids is 1. The molecule has 1 unspecified atom stereocenters. The van der Waals surface area contributed by atoms with E-state index in [1.807, 2.05) is 0 Å². The number of carbonyl (C=O) groups is 1. The second kappa shape index (κ2) is 8.61. The van der Waals surface area contributed by atoms with Crippen molar-refractivity contribution in [3.63, 3.8) is 0 Å². The summed E-state index contributed by atoms with van der Waals surface area (Å²) >= 11 is 1.08. The minimum absolute atomic E-state index is 0.00155. The Bertz CT molecular complexity index is 791. The maximum absolute atomic E-state index is 12.9. The van der Waals surface area contributed by atoms with Gasteiger partial charge in [0.1, 0.15) is 0 Å². The number of alkyl halides is 3. The molecule has 1 saturated carbocycles. The zero-order chi connectivity index (χ0) is 20.4. The van der Waals surface area contributed by atoms with Crippen molar-refractivity contribution in [2.75, 3.05) is 17.3 Å². The number of halogens is 3. The number of hydrogen-bond acceptors (Lipinski definition) is 5. The number of hydrogen-bond donors (Lipinski definition) is 0.